The summed E-state index contributed by atoms with van der Waals surface area (Å²) in [7, 11) is 0. The van der Waals surface area contributed by atoms with E-state index in [0.717, 1.165) is 19.0 Å². The van der Waals surface area contributed by atoms with E-state index >= 15 is 0 Å². The monoisotopic (exact) mass is 282 g/mol. The Hall–Kier alpha value is -1.49. The van der Waals surface area contributed by atoms with E-state index in [1.807, 2.05) is 18.7 Å². The summed E-state index contributed by atoms with van der Waals surface area (Å²) >= 11 is 0. The van der Waals surface area contributed by atoms with Crippen molar-refractivity contribution in [3.63, 3.8) is 0 Å². The molecule has 2 unspecified atom stereocenters. The van der Waals surface area contributed by atoms with Gasteiger partial charge in [-0.3, -0.25) is 4.79 Å². The van der Waals surface area contributed by atoms with Gasteiger partial charge in [-0.2, -0.15) is 0 Å². The number of carbonyl (C=O) groups excluding carboxylic acids is 1. The largest absolute Gasteiger partial charge is 0.341 e. The van der Waals surface area contributed by atoms with E-state index in [1.54, 1.807) is 0 Å². The van der Waals surface area contributed by atoms with Crippen molar-refractivity contribution in [2.75, 3.05) is 13.1 Å². The Morgan fingerprint density at radius 1 is 1.25 bits per heavy atom. The Morgan fingerprint density at radius 3 is 2.45 bits per heavy atom. The number of nitrogens with one attached hydrogen (secondary N) is 1. The van der Waals surface area contributed by atoms with Crippen LogP contribution in [0.25, 0.3) is 0 Å². The van der Waals surface area contributed by atoms with Crippen LogP contribution in [-0.4, -0.2) is 29.9 Å². The van der Waals surface area contributed by atoms with Crippen molar-refractivity contribution < 1.29 is 13.6 Å². The lowest BCUT2D eigenvalue weighted by molar-refractivity contribution is -0.127. The zero-order valence-corrected chi connectivity index (χ0v) is 11.8. The van der Waals surface area contributed by atoms with Crippen LogP contribution in [0.2, 0.25) is 0 Å². The lowest BCUT2D eigenvalue weighted by atomic mass is 10.1. The van der Waals surface area contributed by atoms with E-state index in [4.69, 9.17) is 0 Å². The Morgan fingerprint density at radius 2 is 1.90 bits per heavy atom. The maximum absolute atomic E-state index is 13.2. The molecule has 0 spiro atoms. The standard InChI is InChI=1S/C15H20F2N2O/c1-10(9-19-5-3-4-15(19)20)18-11(2)12-6-13(16)8-14(17)7-12/h6-8,10-11,18H,3-5,9H2,1-2H3. The van der Waals surface area contributed by atoms with Crippen molar-refractivity contribution in [2.24, 2.45) is 0 Å². The molecule has 0 saturated carbocycles. The summed E-state index contributed by atoms with van der Waals surface area (Å²) in [5, 5.41) is 3.27. The van der Waals surface area contributed by atoms with Crippen LogP contribution in [0.3, 0.4) is 0 Å². The molecule has 0 aliphatic carbocycles. The van der Waals surface area contributed by atoms with Crippen LogP contribution in [0.5, 0.6) is 0 Å². The minimum absolute atomic E-state index is 0.0679. The Balaban J connectivity index is 1.92. The normalized spacial score (nSPS) is 18.4. The number of benzene rings is 1. The molecule has 1 aliphatic rings. The van der Waals surface area contributed by atoms with E-state index in [1.165, 1.54) is 12.1 Å². The van der Waals surface area contributed by atoms with E-state index in [-0.39, 0.29) is 18.0 Å². The molecule has 0 aromatic heterocycles. The van der Waals surface area contributed by atoms with Crippen LogP contribution in [0.1, 0.15) is 38.3 Å². The molecule has 0 bridgehead atoms. The van der Waals surface area contributed by atoms with Crippen LogP contribution in [0, 0.1) is 11.6 Å². The van der Waals surface area contributed by atoms with Gasteiger partial charge in [0.15, 0.2) is 0 Å². The highest BCUT2D eigenvalue weighted by Crippen LogP contribution is 2.17. The molecule has 1 saturated heterocycles. The molecular formula is C15H20F2N2O. The lowest BCUT2D eigenvalue weighted by Crippen LogP contribution is -2.40. The van der Waals surface area contributed by atoms with Crippen molar-refractivity contribution >= 4 is 5.91 Å². The van der Waals surface area contributed by atoms with Crippen LogP contribution in [-0.2, 0) is 4.79 Å². The number of nitrogens with zero attached hydrogens (tertiary/aromatic N) is 1. The first-order chi connectivity index (χ1) is 9.45. The highest BCUT2D eigenvalue weighted by atomic mass is 19.1. The zero-order valence-electron chi connectivity index (χ0n) is 11.8. The van der Waals surface area contributed by atoms with E-state index in [0.29, 0.717) is 18.5 Å². The number of amides is 1. The summed E-state index contributed by atoms with van der Waals surface area (Å²) in [6, 6.07) is 3.41. The fourth-order valence-electron chi connectivity index (χ4n) is 2.63. The molecule has 20 heavy (non-hydrogen) atoms. The number of halogens is 2. The fraction of sp³-hybridized carbons (Fsp3) is 0.533. The summed E-state index contributed by atoms with van der Waals surface area (Å²) in [5.74, 6) is -0.963. The van der Waals surface area contributed by atoms with Gasteiger partial charge in [0.2, 0.25) is 5.91 Å². The summed E-state index contributed by atoms with van der Waals surface area (Å²) in [6.07, 6.45) is 1.54. The Kier molecular flexibility index (Phi) is 4.70. The summed E-state index contributed by atoms with van der Waals surface area (Å²) in [6.45, 7) is 5.25. The van der Waals surface area contributed by atoms with E-state index < -0.39 is 11.6 Å². The molecule has 1 aliphatic heterocycles. The molecule has 1 amide bonds. The van der Waals surface area contributed by atoms with Gasteiger partial charge in [-0.15, -0.1) is 0 Å². The van der Waals surface area contributed by atoms with E-state index in [9.17, 15) is 13.6 Å². The van der Waals surface area contributed by atoms with Crippen molar-refractivity contribution in [1.82, 2.24) is 10.2 Å². The molecule has 1 N–H and O–H groups in total. The van der Waals surface area contributed by atoms with Gasteiger partial charge >= 0.3 is 0 Å². The number of hydrogen-bond acceptors (Lipinski definition) is 2. The van der Waals surface area contributed by atoms with Gasteiger partial charge in [0.25, 0.3) is 0 Å². The molecule has 1 aromatic rings. The molecule has 1 heterocycles. The highest BCUT2D eigenvalue weighted by Gasteiger charge is 2.22. The molecule has 2 atom stereocenters. The predicted molar refractivity (Wildman–Crippen MR) is 73.2 cm³/mol. The average molecular weight is 282 g/mol. The highest BCUT2D eigenvalue weighted by molar-refractivity contribution is 5.78. The SMILES string of the molecule is CC(CN1CCCC1=O)NC(C)c1cc(F)cc(F)c1. The van der Waals surface area contributed by atoms with Crippen LogP contribution >= 0.6 is 0 Å². The second kappa shape index (κ2) is 6.31. The van der Waals surface area contributed by atoms with Crippen LogP contribution in [0.15, 0.2) is 18.2 Å². The van der Waals surface area contributed by atoms with Crippen LogP contribution in [0.4, 0.5) is 8.78 Å². The second-order valence-corrected chi connectivity index (χ2v) is 5.44. The number of rotatable bonds is 5. The topological polar surface area (TPSA) is 32.3 Å². The van der Waals surface area contributed by atoms with Gasteiger partial charge in [0.1, 0.15) is 11.6 Å². The van der Waals surface area contributed by atoms with Gasteiger partial charge in [-0.25, -0.2) is 8.78 Å². The quantitative estimate of drug-likeness (QED) is 0.900. The third-order valence-corrected chi connectivity index (χ3v) is 3.59. The average Bonchev–Trinajstić information content (AvgIpc) is 2.73. The predicted octanol–water partition coefficient (Wildman–Crippen LogP) is 2.63. The molecule has 1 aromatic carbocycles. The summed E-state index contributed by atoms with van der Waals surface area (Å²) in [5.41, 5.74) is 0.571. The third-order valence-electron chi connectivity index (χ3n) is 3.59. The van der Waals surface area contributed by atoms with Gasteiger partial charge in [-0.1, -0.05) is 0 Å². The Labute approximate surface area is 118 Å². The first-order valence-corrected chi connectivity index (χ1v) is 6.95. The van der Waals surface area contributed by atoms with Crippen molar-refractivity contribution in [3.05, 3.63) is 35.4 Å². The smallest absolute Gasteiger partial charge is 0.222 e. The van der Waals surface area contributed by atoms with Crippen molar-refractivity contribution in [3.8, 4) is 0 Å². The molecule has 1 fully saturated rings. The summed E-state index contributed by atoms with van der Waals surface area (Å²) < 4.78 is 26.4. The number of hydrogen-bond donors (Lipinski definition) is 1. The van der Waals surface area contributed by atoms with Gasteiger partial charge in [-0.05, 0) is 38.0 Å². The van der Waals surface area contributed by atoms with Gasteiger partial charge < -0.3 is 10.2 Å². The number of carbonyl (C=O) groups is 1. The summed E-state index contributed by atoms with van der Waals surface area (Å²) in [4.78, 5) is 13.4. The van der Waals surface area contributed by atoms with Crippen molar-refractivity contribution in [1.29, 1.82) is 0 Å². The maximum atomic E-state index is 13.2. The minimum atomic E-state index is -0.573. The second-order valence-electron chi connectivity index (χ2n) is 5.44. The van der Waals surface area contributed by atoms with E-state index in [2.05, 4.69) is 5.32 Å². The molecule has 5 heteroatoms. The minimum Gasteiger partial charge on any atom is -0.341 e. The number of likely N-dealkylation sites (tertiary alicyclic amines) is 1. The van der Waals surface area contributed by atoms with Gasteiger partial charge in [0.05, 0.1) is 0 Å². The van der Waals surface area contributed by atoms with Crippen LogP contribution < -0.4 is 5.32 Å². The third kappa shape index (κ3) is 3.76. The first-order valence-electron chi connectivity index (χ1n) is 6.95. The fourth-order valence-corrected chi connectivity index (χ4v) is 2.63. The molecular weight excluding hydrogens is 262 g/mol. The molecule has 0 radical (unpaired) electrons. The van der Waals surface area contributed by atoms with Crippen molar-refractivity contribution in [2.45, 2.75) is 38.8 Å². The maximum Gasteiger partial charge on any atom is 0.222 e. The lowest BCUT2D eigenvalue weighted by Gasteiger charge is -2.25. The first kappa shape index (κ1) is 14.9. The zero-order chi connectivity index (χ0) is 14.7. The molecule has 3 nitrogen and oxygen atoms in total. The van der Waals surface area contributed by atoms with Gasteiger partial charge in [0, 0.05) is 37.7 Å². The molecule has 110 valence electrons. The Bertz CT molecular complexity index is 473. The molecule has 2 rings (SSSR count).